The average molecular weight is 405 g/mol. The highest BCUT2D eigenvalue weighted by molar-refractivity contribution is 6.04. The monoisotopic (exact) mass is 405 g/mol. The Bertz CT molecular complexity index is 1120. The van der Waals surface area contributed by atoms with E-state index < -0.39 is 36.7 Å². The molecule has 0 saturated carbocycles. The Balaban J connectivity index is 1.82. The van der Waals surface area contributed by atoms with E-state index in [1.54, 1.807) is 24.6 Å². The molecule has 1 aromatic carbocycles. The molecule has 1 saturated heterocycles. The molecule has 1 aliphatic heterocycles. The Morgan fingerprint density at radius 3 is 2.59 bits per heavy atom. The maximum absolute atomic E-state index is 11.3. The van der Waals surface area contributed by atoms with Gasteiger partial charge in [0.05, 0.1) is 11.2 Å². The molecular weight excluding hydrogens is 386 g/mol. The lowest BCUT2D eigenvalue weighted by Crippen LogP contribution is -2.61. The zero-order valence-electron chi connectivity index (χ0n) is 15.4. The van der Waals surface area contributed by atoms with Gasteiger partial charge in [-0.1, -0.05) is 0 Å². The van der Waals surface area contributed by atoms with Crippen molar-refractivity contribution in [1.82, 2.24) is 19.5 Å². The summed E-state index contributed by atoms with van der Waals surface area (Å²) in [7, 11) is 1.69. The van der Waals surface area contributed by atoms with E-state index in [1.807, 2.05) is 0 Å². The molecule has 0 radical (unpaired) electrons. The van der Waals surface area contributed by atoms with E-state index in [2.05, 4.69) is 15.0 Å². The summed E-state index contributed by atoms with van der Waals surface area (Å²) < 4.78 is 12.5. The number of fused-ring (bicyclic) bond motifs is 3. The van der Waals surface area contributed by atoms with Crippen molar-refractivity contribution >= 4 is 34.0 Å². The smallest absolute Gasteiger partial charge is 0.335 e. The number of nitrogens with two attached hydrogens (primary N) is 1. The lowest BCUT2D eigenvalue weighted by atomic mass is 9.99. The maximum Gasteiger partial charge on any atom is 0.335 e. The van der Waals surface area contributed by atoms with Crippen LogP contribution in [0.3, 0.4) is 0 Å². The van der Waals surface area contributed by atoms with Crippen LogP contribution < -0.4 is 10.5 Å². The van der Waals surface area contributed by atoms with Gasteiger partial charge in [-0.15, -0.1) is 0 Å². The number of aliphatic hydroxyl groups is 3. The first-order valence-electron chi connectivity index (χ1n) is 8.66. The van der Waals surface area contributed by atoms with Crippen LogP contribution in [0.5, 0.6) is 5.75 Å². The minimum atomic E-state index is -1.82. The van der Waals surface area contributed by atoms with Crippen molar-refractivity contribution < 1.29 is 34.7 Å². The van der Waals surface area contributed by atoms with Crippen LogP contribution in [0.2, 0.25) is 0 Å². The minimum absolute atomic E-state index is 0.111. The van der Waals surface area contributed by atoms with Crippen LogP contribution in [0.15, 0.2) is 12.3 Å². The van der Waals surface area contributed by atoms with Gasteiger partial charge in [-0.3, -0.25) is 0 Å². The number of ether oxygens (including phenoxy) is 2. The zero-order valence-corrected chi connectivity index (χ0v) is 15.4. The molecule has 12 heteroatoms. The first-order valence-corrected chi connectivity index (χ1v) is 8.66. The van der Waals surface area contributed by atoms with Crippen LogP contribution in [0, 0.1) is 6.92 Å². The lowest BCUT2D eigenvalue weighted by Gasteiger charge is -2.38. The van der Waals surface area contributed by atoms with E-state index in [0.717, 1.165) is 0 Å². The average Bonchev–Trinajstić information content (AvgIpc) is 2.96. The predicted octanol–water partition coefficient (Wildman–Crippen LogP) is -1.32. The third kappa shape index (κ3) is 3.02. The van der Waals surface area contributed by atoms with Crippen LogP contribution >= 0.6 is 0 Å². The van der Waals surface area contributed by atoms with Crippen molar-refractivity contribution in [3.05, 3.63) is 18.0 Å². The zero-order chi connectivity index (χ0) is 21.0. The predicted molar refractivity (Wildman–Crippen MR) is 97.9 cm³/mol. The number of aromatic nitrogens is 4. The van der Waals surface area contributed by atoms with Gasteiger partial charge in [-0.05, 0) is 6.92 Å². The normalized spacial score (nSPS) is 27.4. The van der Waals surface area contributed by atoms with Crippen molar-refractivity contribution in [2.45, 2.75) is 37.6 Å². The molecule has 2 aromatic heterocycles. The molecule has 29 heavy (non-hydrogen) atoms. The van der Waals surface area contributed by atoms with Crippen LogP contribution in [0.1, 0.15) is 5.69 Å². The molecule has 5 atom stereocenters. The second-order valence-corrected chi connectivity index (χ2v) is 6.83. The van der Waals surface area contributed by atoms with Crippen molar-refractivity contribution in [2.75, 3.05) is 5.73 Å². The second-order valence-electron chi connectivity index (χ2n) is 6.83. The fraction of sp³-hybridized carbons (Fsp3) is 0.412. The molecule has 4 rings (SSSR count). The van der Waals surface area contributed by atoms with Crippen LogP contribution in [0.25, 0.3) is 22.1 Å². The van der Waals surface area contributed by atoms with Gasteiger partial charge in [0.15, 0.2) is 11.9 Å². The molecule has 12 nitrogen and oxygen atoms in total. The summed E-state index contributed by atoms with van der Waals surface area (Å²) in [5.41, 5.74) is 8.25. The number of anilines is 1. The topological polar surface area (TPSA) is 186 Å². The number of carboxylic acids is 1. The standard InChI is InChI=1S/C17H19N5O7/c1-5-4-19-9-7(3-6-8(10(9)20-5)21-17(18)22(6)2)28-16-13(25)11(23)12(24)14(29-16)15(26)27/h3-4,11-14,16,23-25H,1-2H3,(H2,18,21)(H,26,27)/t11-,12-,13+,14-,16+/m0/s1. The third-order valence-electron chi connectivity index (χ3n) is 4.85. The van der Waals surface area contributed by atoms with Gasteiger partial charge >= 0.3 is 5.97 Å². The number of rotatable bonds is 3. The number of imidazole rings is 1. The quantitative estimate of drug-likeness (QED) is 0.348. The van der Waals surface area contributed by atoms with E-state index in [9.17, 15) is 25.2 Å². The van der Waals surface area contributed by atoms with Crippen molar-refractivity contribution in [1.29, 1.82) is 0 Å². The second kappa shape index (κ2) is 6.77. The van der Waals surface area contributed by atoms with Gasteiger partial charge in [0.1, 0.15) is 34.9 Å². The summed E-state index contributed by atoms with van der Waals surface area (Å²) in [4.78, 5) is 24.3. The lowest BCUT2D eigenvalue weighted by molar-refractivity contribution is -0.270. The number of aryl methyl sites for hydroxylation is 2. The fourth-order valence-corrected chi connectivity index (χ4v) is 3.25. The first-order chi connectivity index (χ1) is 13.7. The van der Waals surface area contributed by atoms with Gasteiger partial charge in [-0.2, -0.15) is 0 Å². The Kier molecular flexibility index (Phi) is 4.50. The molecule has 154 valence electrons. The Hall–Kier alpha value is -3.06. The Morgan fingerprint density at radius 2 is 1.90 bits per heavy atom. The molecule has 3 aromatic rings. The summed E-state index contributed by atoms with van der Waals surface area (Å²) in [6, 6.07) is 1.55. The molecule has 0 spiro atoms. The number of carbonyl (C=O) groups is 1. The summed E-state index contributed by atoms with van der Waals surface area (Å²) in [6.45, 7) is 1.75. The molecule has 0 unspecified atom stereocenters. The van der Waals surface area contributed by atoms with E-state index >= 15 is 0 Å². The molecule has 0 bridgehead atoms. The number of aliphatic hydroxyl groups excluding tert-OH is 3. The summed E-state index contributed by atoms with van der Waals surface area (Å²) in [5.74, 6) is -1.16. The molecule has 0 amide bonds. The van der Waals surface area contributed by atoms with Gasteiger partial charge < -0.3 is 40.2 Å². The first kappa shape index (κ1) is 19.3. The number of hydrogen-bond acceptors (Lipinski definition) is 10. The van der Waals surface area contributed by atoms with Crippen molar-refractivity contribution in [3.63, 3.8) is 0 Å². The van der Waals surface area contributed by atoms with E-state index in [0.29, 0.717) is 22.2 Å². The van der Waals surface area contributed by atoms with Gasteiger partial charge in [0, 0.05) is 19.3 Å². The van der Waals surface area contributed by atoms with Gasteiger partial charge in [0.2, 0.25) is 12.2 Å². The highest BCUT2D eigenvalue weighted by Crippen LogP contribution is 2.34. The van der Waals surface area contributed by atoms with E-state index in [1.165, 1.54) is 6.20 Å². The van der Waals surface area contributed by atoms with Crippen LogP contribution in [-0.2, 0) is 16.6 Å². The highest BCUT2D eigenvalue weighted by atomic mass is 16.7. The number of hydrogen-bond donors (Lipinski definition) is 5. The molecule has 1 fully saturated rings. The molecule has 1 aliphatic rings. The van der Waals surface area contributed by atoms with E-state index in [4.69, 9.17) is 15.2 Å². The third-order valence-corrected chi connectivity index (χ3v) is 4.85. The number of benzene rings is 1. The SMILES string of the molecule is Cc1cnc2c(O[C@@H]3O[C@H](C(=O)O)[C@@H](O)[C@H](O)[C@H]3O)cc3c(nc(N)n3C)c2n1. The molecule has 0 aliphatic carbocycles. The maximum atomic E-state index is 11.3. The van der Waals surface area contributed by atoms with Crippen LogP contribution in [-0.4, -0.2) is 76.6 Å². The van der Waals surface area contributed by atoms with Gasteiger partial charge in [0.25, 0.3) is 0 Å². The molecule has 6 N–H and O–H groups in total. The number of aliphatic carboxylic acids is 1. The Morgan fingerprint density at radius 1 is 1.17 bits per heavy atom. The fourth-order valence-electron chi connectivity index (χ4n) is 3.25. The molecule has 3 heterocycles. The largest absolute Gasteiger partial charge is 0.479 e. The number of nitrogen functional groups attached to an aromatic ring is 1. The van der Waals surface area contributed by atoms with Gasteiger partial charge in [-0.25, -0.2) is 19.7 Å². The highest BCUT2D eigenvalue weighted by Gasteiger charge is 2.48. The molecular formula is C17H19N5O7. The summed E-state index contributed by atoms with van der Waals surface area (Å²) >= 11 is 0. The number of carboxylic acid groups (broad SMARTS) is 1. The summed E-state index contributed by atoms with van der Waals surface area (Å²) in [5, 5.41) is 39.3. The number of nitrogens with zero attached hydrogens (tertiary/aromatic N) is 4. The van der Waals surface area contributed by atoms with Crippen molar-refractivity contribution in [3.8, 4) is 5.75 Å². The Labute approximate surface area is 163 Å². The van der Waals surface area contributed by atoms with Crippen LogP contribution in [0.4, 0.5) is 5.95 Å². The minimum Gasteiger partial charge on any atom is -0.479 e. The van der Waals surface area contributed by atoms with E-state index in [-0.39, 0.29) is 17.2 Å². The van der Waals surface area contributed by atoms with Crippen molar-refractivity contribution in [2.24, 2.45) is 7.05 Å². The summed E-state index contributed by atoms with van der Waals surface area (Å²) in [6.07, 6.45) is -7.17.